The summed E-state index contributed by atoms with van der Waals surface area (Å²) in [5.74, 6) is 1.05. The van der Waals surface area contributed by atoms with Crippen molar-refractivity contribution in [2.45, 2.75) is 0 Å². The molecule has 2 aromatic heterocycles. The Morgan fingerprint density at radius 2 is 2.11 bits per heavy atom. The van der Waals surface area contributed by atoms with Gasteiger partial charge in [0.2, 0.25) is 0 Å². The highest BCUT2D eigenvalue weighted by molar-refractivity contribution is 5.66. The monoisotopic (exact) mass is 242 g/mol. The summed E-state index contributed by atoms with van der Waals surface area (Å²) < 4.78 is 6.67. The van der Waals surface area contributed by atoms with E-state index in [-0.39, 0.29) is 5.75 Å². The molecule has 0 unspecified atom stereocenters. The molecule has 0 aliphatic heterocycles. The molecule has 3 N–H and O–H groups in total. The van der Waals surface area contributed by atoms with E-state index in [1.165, 1.54) is 4.68 Å². The number of anilines is 1. The summed E-state index contributed by atoms with van der Waals surface area (Å²) in [6.07, 6.45) is 1.54. The van der Waals surface area contributed by atoms with Gasteiger partial charge in [-0.3, -0.25) is 0 Å². The highest BCUT2D eigenvalue weighted by Gasteiger charge is 2.15. The maximum Gasteiger partial charge on any atom is 0.172 e. The Morgan fingerprint density at radius 1 is 1.22 bits per heavy atom. The molecule has 0 spiro atoms. The van der Waals surface area contributed by atoms with Crippen molar-refractivity contribution in [3.8, 4) is 22.9 Å². The molecule has 0 radical (unpaired) electrons. The summed E-state index contributed by atoms with van der Waals surface area (Å²) in [5, 5.41) is 17.4. The standard InChI is InChI=1S/C12H10N4O2/c13-12-11(10-5-2-6-18-10)14-15-16(12)8-3-1-4-9(17)7-8/h1-7,17H,13H2. The first-order valence-corrected chi connectivity index (χ1v) is 5.30. The Hall–Kier alpha value is -2.76. The minimum absolute atomic E-state index is 0.141. The zero-order valence-corrected chi connectivity index (χ0v) is 9.32. The van der Waals surface area contributed by atoms with Crippen molar-refractivity contribution in [2.75, 3.05) is 5.73 Å². The van der Waals surface area contributed by atoms with Crippen molar-refractivity contribution in [3.63, 3.8) is 0 Å². The number of phenols is 1. The lowest BCUT2D eigenvalue weighted by Gasteiger charge is -2.03. The molecule has 0 saturated carbocycles. The normalized spacial score (nSPS) is 10.7. The largest absolute Gasteiger partial charge is 0.508 e. The van der Waals surface area contributed by atoms with Crippen LogP contribution < -0.4 is 5.73 Å². The number of rotatable bonds is 2. The molecule has 6 heteroatoms. The Morgan fingerprint density at radius 3 is 2.83 bits per heavy atom. The van der Waals surface area contributed by atoms with Gasteiger partial charge in [0.1, 0.15) is 5.75 Å². The van der Waals surface area contributed by atoms with E-state index in [9.17, 15) is 5.11 Å². The van der Waals surface area contributed by atoms with E-state index in [2.05, 4.69) is 10.3 Å². The summed E-state index contributed by atoms with van der Waals surface area (Å²) in [4.78, 5) is 0. The number of aromatic nitrogens is 3. The van der Waals surface area contributed by atoms with Gasteiger partial charge in [0.05, 0.1) is 12.0 Å². The summed E-state index contributed by atoms with van der Waals surface area (Å²) in [6.45, 7) is 0. The van der Waals surface area contributed by atoms with Crippen molar-refractivity contribution in [2.24, 2.45) is 0 Å². The van der Waals surface area contributed by atoms with Crippen LogP contribution in [0.1, 0.15) is 0 Å². The van der Waals surface area contributed by atoms with Crippen molar-refractivity contribution < 1.29 is 9.52 Å². The highest BCUT2D eigenvalue weighted by atomic mass is 16.3. The van der Waals surface area contributed by atoms with Crippen LogP contribution in [0.2, 0.25) is 0 Å². The highest BCUT2D eigenvalue weighted by Crippen LogP contribution is 2.26. The molecule has 1 aromatic carbocycles. The number of hydrogen-bond donors (Lipinski definition) is 2. The second kappa shape index (κ2) is 3.92. The number of furan rings is 1. The number of nitrogens with two attached hydrogens (primary N) is 1. The molecule has 18 heavy (non-hydrogen) atoms. The molecular formula is C12H10N4O2. The van der Waals surface area contributed by atoms with Crippen LogP contribution in [0.5, 0.6) is 5.75 Å². The van der Waals surface area contributed by atoms with Crippen LogP contribution >= 0.6 is 0 Å². The van der Waals surface area contributed by atoms with Gasteiger partial charge >= 0.3 is 0 Å². The molecule has 0 aliphatic carbocycles. The zero-order chi connectivity index (χ0) is 12.5. The Balaban J connectivity index is 2.10. The van der Waals surface area contributed by atoms with E-state index < -0.39 is 0 Å². The van der Waals surface area contributed by atoms with Gasteiger partial charge in [-0.05, 0) is 24.3 Å². The van der Waals surface area contributed by atoms with Crippen LogP contribution in [0.25, 0.3) is 17.1 Å². The van der Waals surface area contributed by atoms with Crippen LogP contribution in [0.3, 0.4) is 0 Å². The fourth-order valence-electron chi connectivity index (χ4n) is 1.69. The van der Waals surface area contributed by atoms with Gasteiger partial charge in [-0.25, -0.2) is 0 Å². The molecule has 0 saturated heterocycles. The second-order valence-electron chi connectivity index (χ2n) is 3.73. The second-order valence-corrected chi connectivity index (χ2v) is 3.73. The van der Waals surface area contributed by atoms with Gasteiger partial charge in [0.15, 0.2) is 17.3 Å². The van der Waals surface area contributed by atoms with Crippen LogP contribution in [0.15, 0.2) is 47.1 Å². The van der Waals surface area contributed by atoms with Crippen LogP contribution in [0, 0.1) is 0 Å². The zero-order valence-electron chi connectivity index (χ0n) is 9.32. The molecule has 6 nitrogen and oxygen atoms in total. The first-order valence-electron chi connectivity index (χ1n) is 5.30. The molecule has 0 atom stereocenters. The third-order valence-electron chi connectivity index (χ3n) is 2.53. The van der Waals surface area contributed by atoms with E-state index in [0.717, 1.165) is 0 Å². The number of benzene rings is 1. The fraction of sp³-hybridized carbons (Fsp3) is 0. The number of aromatic hydroxyl groups is 1. The quantitative estimate of drug-likeness (QED) is 0.715. The summed E-state index contributed by atoms with van der Waals surface area (Å²) in [6, 6.07) is 10.1. The van der Waals surface area contributed by atoms with Crippen LogP contribution in [-0.4, -0.2) is 20.1 Å². The molecule has 3 aromatic rings. The number of nitrogen functional groups attached to an aromatic ring is 1. The van der Waals surface area contributed by atoms with E-state index in [4.69, 9.17) is 10.2 Å². The lowest BCUT2D eigenvalue weighted by Crippen LogP contribution is -2.01. The fourth-order valence-corrected chi connectivity index (χ4v) is 1.69. The van der Waals surface area contributed by atoms with E-state index in [1.807, 2.05) is 0 Å². The number of phenolic OH excluding ortho intramolecular Hbond substituents is 1. The van der Waals surface area contributed by atoms with E-state index in [1.54, 1.807) is 42.7 Å². The average Bonchev–Trinajstić information content (AvgIpc) is 2.97. The molecule has 0 amide bonds. The summed E-state index contributed by atoms with van der Waals surface area (Å²) in [7, 11) is 0. The van der Waals surface area contributed by atoms with Crippen LogP contribution in [0.4, 0.5) is 5.82 Å². The van der Waals surface area contributed by atoms with Gasteiger partial charge in [-0.1, -0.05) is 11.3 Å². The molecule has 0 aliphatic rings. The SMILES string of the molecule is Nc1c(-c2ccco2)nnn1-c1cccc(O)c1. The summed E-state index contributed by atoms with van der Waals surface area (Å²) >= 11 is 0. The van der Waals surface area contributed by atoms with Gasteiger partial charge in [-0.2, -0.15) is 4.68 Å². The van der Waals surface area contributed by atoms with Gasteiger partial charge in [0.25, 0.3) is 0 Å². The first kappa shape index (κ1) is 10.4. The van der Waals surface area contributed by atoms with Gasteiger partial charge in [0, 0.05) is 6.07 Å². The first-order chi connectivity index (χ1) is 8.75. The van der Waals surface area contributed by atoms with Crippen molar-refractivity contribution >= 4 is 5.82 Å². The summed E-state index contributed by atoms with van der Waals surface area (Å²) in [5.41, 5.74) is 7.09. The number of nitrogens with zero attached hydrogens (tertiary/aromatic N) is 3. The smallest absolute Gasteiger partial charge is 0.172 e. The molecule has 3 rings (SSSR count). The maximum atomic E-state index is 9.44. The lowest BCUT2D eigenvalue weighted by atomic mass is 10.3. The maximum absolute atomic E-state index is 9.44. The van der Waals surface area contributed by atoms with Crippen molar-refractivity contribution in [3.05, 3.63) is 42.7 Å². The molecule has 2 heterocycles. The van der Waals surface area contributed by atoms with E-state index >= 15 is 0 Å². The van der Waals surface area contributed by atoms with Crippen molar-refractivity contribution in [1.82, 2.24) is 15.0 Å². The third-order valence-corrected chi connectivity index (χ3v) is 2.53. The topological polar surface area (TPSA) is 90.1 Å². The molecular weight excluding hydrogens is 232 g/mol. The minimum Gasteiger partial charge on any atom is -0.508 e. The number of hydrogen-bond acceptors (Lipinski definition) is 5. The molecule has 90 valence electrons. The Labute approximate surface area is 102 Å². The predicted molar refractivity (Wildman–Crippen MR) is 65.1 cm³/mol. The molecule has 0 bridgehead atoms. The van der Waals surface area contributed by atoms with Gasteiger partial charge in [-0.15, -0.1) is 5.10 Å². The Bertz CT molecular complexity index is 673. The van der Waals surface area contributed by atoms with Gasteiger partial charge < -0.3 is 15.3 Å². The van der Waals surface area contributed by atoms with E-state index in [0.29, 0.717) is 23.0 Å². The molecule has 0 fully saturated rings. The Kier molecular flexibility index (Phi) is 2.26. The van der Waals surface area contributed by atoms with Crippen LogP contribution in [-0.2, 0) is 0 Å². The average molecular weight is 242 g/mol. The predicted octanol–water partition coefficient (Wildman–Crippen LogP) is 1.82. The lowest BCUT2D eigenvalue weighted by molar-refractivity contribution is 0.475. The minimum atomic E-state index is 0.141. The third kappa shape index (κ3) is 1.60. The van der Waals surface area contributed by atoms with Crippen molar-refractivity contribution in [1.29, 1.82) is 0 Å².